The van der Waals surface area contributed by atoms with Crippen LogP contribution in [0.25, 0.3) is 6.08 Å². The molecule has 1 aromatic rings. The van der Waals surface area contributed by atoms with Crippen LogP contribution in [0.2, 0.25) is 0 Å². The maximum Gasteiger partial charge on any atom is 0.244 e. The highest BCUT2D eigenvalue weighted by Crippen LogP contribution is 2.12. The lowest BCUT2D eigenvalue weighted by Gasteiger charge is -2.11. The Bertz CT molecular complexity index is 622. The van der Waals surface area contributed by atoms with Gasteiger partial charge < -0.3 is 14.5 Å². The summed E-state index contributed by atoms with van der Waals surface area (Å²) in [5.41, 5.74) is 0. The topological polar surface area (TPSA) is 88.9 Å². The van der Waals surface area contributed by atoms with E-state index in [1.807, 2.05) is 6.92 Å². The second kappa shape index (κ2) is 9.49. The molecule has 0 atom stereocenters. The first-order valence-corrected chi connectivity index (χ1v) is 9.21. The molecule has 1 heterocycles. The third-order valence-electron chi connectivity index (χ3n) is 2.99. The second-order valence-corrected chi connectivity index (χ2v) is 7.09. The average molecular weight is 344 g/mol. The lowest BCUT2D eigenvalue weighted by molar-refractivity contribution is -0.116. The summed E-state index contributed by atoms with van der Waals surface area (Å²) < 4.78 is 34.5. The van der Waals surface area contributed by atoms with Crippen molar-refractivity contribution in [2.75, 3.05) is 33.1 Å². The minimum absolute atomic E-state index is 0.149. The van der Waals surface area contributed by atoms with Crippen LogP contribution >= 0.6 is 0 Å². The van der Waals surface area contributed by atoms with Crippen molar-refractivity contribution in [3.8, 4) is 0 Å². The predicted molar refractivity (Wildman–Crippen MR) is 88.2 cm³/mol. The molecule has 0 aliphatic rings. The van der Waals surface area contributed by atoms with E-state index in [0.717, 1.165) is 12.7 Å². The van der Waals surface area contributed by atoms with Gasteiger partial charge in [-0.05, 0) is 31.6 Å². The maximum absolute atomic E-state index is 11.6. The second-order valence-electron chi connectivity index (χ2n) is 5.00. The minimum Gasteiger partial charge on any atom is -0.460 e. The highest BCUT2D eigenvalue weighted by Gasteiger charge is 2.13. The smallest absolute Gasteiger partial charge is 0.244 e. The average Bonchev–Trinajstić information content (AvgIpc) is 2.91. The van der Waals surface area contributed by atoms with Crippen LogP contribution in [0.4, 0.5) is 0 Å². The van der Waals surface area contributed by atoms with Crippen LogP contribution < -0.4 is 5.32 Å². The largest absolute Gasteiger partial charge is 0.460 e. The summed E-state index contributed by atoms with van der Waals surface area (Å²) in [5.74, 6) is 0.786. The van der Waals surface area contributed by atoms with E-state index in [-0.39, 0.29) is 12.5 Å². The molecule has 0 bridgehead atoms. The molecule has 0 saturated carbocycles. The number of nitrogens with one attached hydrogen (secondary N) is 1. The Morgan fingerprint density at radius 1 is 1.43 bits per heavy atom. The van der Waals surface area contributed by atoms with Gasteiger partial charge >= 0.3 is 0 Å². The fraction of sp³-hybridized carbons (Fsp3) is 0.533. The fourth-order valence-electron chi connectivity index (χ4n) is 1.65. The Morgan fingerprint density at radius 3 is 2.83 bits per heavy atom. The van der Waals surface area contributed by atoms with E-state index in [2.05, 4.69) is 5.32 Å². The molecule has 8 heteroatoms. The molecule has 1 rings (SSSR count). The van der Waals surface area contributed by atoms with Gasteiger partial charge in [0.1, 0.15) is 11.5 Å². The zero-order chi connectivity index (χ0) is 17.3. The van der Waals surface area contributed by atoms with Crippen LogP contribution in [0.3, 0.4) is 0 Å². The summed E-state index contributed by atoms with van der Waals surface area (Å²) in [5, 5.41) is 2.74. The standard InChI is InChI=1S/C15H24N2O5S/c1-4-21-11-5-10-16-15(18)9-8-13-6-7-14(22-13)12-17(2)23(3,19)20/h6-9H,4-5,10-12H2,1-3H3,(H,16,18)/b9-8+. The Morgan fingerprint density at radius 2 is 2.17 bits per heavy atom. The van der Waals surface area contributed by atoms with Crippen LogP contribution in [-0.2, 0) is 26.1 Å². The molecule has 0 aliphatic carbocycles. The van der Waals surface area contributed by atoms with E-state index in [4.69, 9.17) is 9.15 Å². The van der Waals surface area contributed by atoms with Crippen LogP contribution in [0.1, 0.15) is 24.9 Å². The van der Waals surface area contributed by atoms with E-state index in [9.17, 15) is 13.2 Å². The van der Waals surface area contributed by atoms with Crippen LogP contribution in [0.5, 0.6) is 0 Å². The van der Waals surface area contributed by atoms with E-state index >= 15 is 0 Å². The normalized spacial score (nSPS) is 12.2. The summed E-state index contributed by atoms with van der Waals surface area (Å²) >= 11 is 0. The predicted octanol–water partition coefficient (Wildman–Crippen LogP) is 1.23. The molecule has 0 aliphatic heterocycles. The van der Waals surface area contributed by atoms with Crippen molar-refractivity contribution in [2.24, 2.45) is 0 Å². The monoisotopic (exact) mass is 344 g/mol. The molecule has 23 heavy (non-hydrogen) atoms. The quantitative estimate of drug-likeness (QED) is 0.509. The van der Waals surface area contributed by atoms with Gasteiger partial charge in [0.15, 0.2) is 0 Å². The molecule has 130 valence electrons. The SMILES string of the molecule is CCOCCCNC(=O)/C=C/c1ccc(CN(C)S(C)(=O)=O)o1. The van der Waals surface area contributed by atoms with Crippen LogP contribution in [0.15, 0.2) is 22.6 Å². The molecule has 0 aromatic carbocycles. The first-order chi connectivity index (χ1) is 10.8. The maximum atomic E-state index is 11.6. The molecule has 0 unspecified atom stereocenters. The van der Waals surface area contributed by atoms with Gasteiger partial charge in [-0.3, -0.25) is 4.79 Å². The Hall–Kier alpha value is -1.64. The lowest BCUT2D eigenvalue weighted by atomic mass is 10.3. The van der Waals surface area contributed by atoms with E-state index in [1.165, 1.54) is 17.4 Å². The molecule has 0 fully saturated rings. The summed E-state index contributed by atoms with van der Waals surface area (Å²) in [6.45, 7) is 3.91. The third kappa shape index (κ3) is 7.96. The van der Waals surface area contributed by atoms with Crippen molar-refractivity contribution in [1.29, 1.82) is 0 Å². The zero-order valence-electron chi connectivity index (χ0n) is 13.7. The summed E-state index contributed by atoms with van der Waals surface area (Å²) in [7, 11) is -1.78. The number of hydrogen-bond acceptors (Lipinski definition) is 5. The molecule has 7 nitrogen and oxygen atoms in total. The van der Waals surface area contributed by atoms with Crippen molar-refractivity contribution in [2.45, 2.75) is 19.9 Å². The van der Waals surface area contributed by atoms with Gasteiger partial charge in [-0.15, -0.1) is 0 Å². The van der Waals surface area contributed by atoms with Gasteiger partial charge in [0, 0.05) is 32.9 Å². The first kappa shape index (κ1) is 19.4. The number of ether oxygens (including phenoxy) is 1. The number of nitrogens with zero attached hydrogens (tertiary/aromatic N) is 1. The number of hydrogen-bond donors (Lipinski definition) is 1. The van der Waals surface area contributed by atoms with E-state index in [1.54, 1.807) is 18.2 Å². The summed E-state index contributed by atoms with van der Waals surface area (Å²) in [6, 6.07) is 3.37. The molecular formula is C15H24N2O5S. The summed E-state index contributed by atoms with van der Waals surface area (Å²) in [6.07, 6.45) is 4.81. The third-order valence-corrected chi connectivity index (χ3v) is 4.26. The van der Waals surface area contributed by atoms with Gasteiger partial charge in [0.2, 0.25) is 15.9 Å². The fourth-order valence-corrected chi connectivity index (χ4v) is 2.01. The van der Waals surface area contributed by atoms with Crippen molar-refractivity contribution < 1.29 is 22.4 Å². The van der Waals surface area contributed by atoms with Gasteiger partial charge in [-0.25, -0.2) is 8.42 Å². The molecule has 1 N–H and O–H groups in total. The minimum atomic E-state index is -3.25. The number of furan rings is 1. The number of amides is 1. The van der Waals surface area contributed by atoms with Gasteiger partial charge in [0.05, 0.1) is 12.8 Å². The van der Waals surface area contributed by atoms with Crippen molar-refractivity contribution >= 4 is 22.0 Å². The lowest BCUT2D eigenvalue weighted by Crippen LogP contribution is -2.24. The Labute approximate surface area is 137 Å². The van der Waals surface area contributed by atoms with Crippen molar-refractivity contribution in [1.82, 2.24) is 9.62 Å². The van der Waals surface area contributed by atoms with Gasteiger partial charge in [-0.2, -0.15) is 4.31 Å². The number of carbonyl (C=O) groups excluding carboxylic acids is 1. The molecule has 0 spiro atoms. The first-order valence-electron chi connectivity index (χ1n) is 7.36. The summed E-state index contributed by atoms with van der Waals surface area (Å²) in [4.78, 5) is 11.6. The highest BCUT2D eigenvalue weighted by atomic mass is 32.2. The Kier molecular flexibility index (Phi) is 8.01. The van der Waals surface area contributed by atoms with Gasteiger partial charge in [-0.1, -0.05) is 0 Å². The van der Waals surface area contributed by atoms with Crippen LogP contribution in [0, 0.1) is 0 Å². The number of rotatable bonds is 10. The van der Waals surface area contributed by atoms with Crippen molar-refractivity contribution in [3.63, 3.8) is 0 Å². The molecular weight excluding hydrogens is 320 g/mol. The highest BCUT2D eigenvalue weighted by molar-refractivity contribution is 7.88. The van der Waals surface area contributed by atoms with E-state index in [0.29, 0.717) is 31.3 Å². The van der Waals surface area contributed by atoms with E-state index < -0.39 is 10.0 Å². The molecule has 0 radical (unpaired) electrons. The molecule has 0 saturated heterocycles. The van der Waals surface area contributed by atoms with Crippen molar-refractivity contribution in [3.05, 3.63) is 29.7 Å². The zero-order valence-corrected chi connectivity index (χ0v) is 14.6. The molecule has 1 amide bonds. The van der Waals surface area contributed by atoms with Crippen LogP contribution in [-0.4, -0.2) is 51.7 Å². The molecule has 1 aromatic heterocycles. The van der Waals surface area contributed by atoms with Gasteiger partial charge in [0.25, 0.3) is 0 Å². The number of sulfonamides is 1. The Balaban J connectivity index is 2.41. The number of carbonyl (C=O) groups is 1.